The standard InChI is InChI=1S/C27H34F3N3O3/c1-36-26(35)10-9-20-18-31(19-21-5-2-3-8-25(21)34)12-11-24(20)33-15-13-32(14-16-33)23-7-4-6-22(17-23)27(28,29)30/h2-8,17,20,24,34H,9-16,18-19H2,1H3/t20-,24+/m1/s1. The van der Waals surface area contributed by atoms with Gasteiger partial charge in [0.05, 0.1) is 12.7 Å². The lowest BCUT2D eigenvalue weighted by molar-refractivity contribution is -0.141. The van der Waals surface area contributed by atoms with Gasteiger partial charge in [-0.2, -0.15) is 13.2 Å². The number of carbonyl (C=O) groups is 1. The average molecular weight is 506 g/mol. The van der Waals surface area contributed by atoms with Gasteiger partial charge in [0.25, 0.3) is 0 Å². The number of ether oxygens (including phenoxy) is 1. The van der Waals surface area contributed by atoms with Crippen LogP contribution in [-0.4, -0.2) is 73.3 Å². The summed E-state index contributed by atoms with van der Waals surface area (Å²) in [6.07, 6.45) is -2.35. The van der Waals surface area contributed by atoms with Crippen LogP contribution in [0.4, 0.5) is 18.9 Å². The van der Waals surface area contributed by atoms with Crippen molar-refractivity contribution >= 4 is 11.7 Å². The fourth-order valence-electron chi connectivity index (χ4n) is 5.48. The van der Waals surface area contributed by atoms with E-state index in [0.717, 1.165) is 44.2 Å². The topological polar surface area (TPSA) is 56.2 Å². The molecule has 0 aromatic heterocycles. The predicted octanol–water partition coefficient (Wildman–Crippen LogP) is 4.38. The number of aromatic hydroxyl groups is 1. The van der Waals surface area contributed by atoms with Crippen molar-refractivity contribution in [2.45, 2.75) is 38.0 Å². The molecule has 1 N–H and O–H groups in total. The number of alkyl halides is 3. The molecule has 36 heavy (non-hydrogen) atoms. The normalized spacial score (nSPS) is 21.9. The van der Waals surface area contributed by atoms with Gasteiger partial charge in [0, 0.05) is 63.0 Å². The second-order valence-corrected chi connectivity index (χ2v) is 9.67. The van der Waals surface area contributed by atoms with Crippen molar-refractivity contribution in [2.75, 3.05) is 51.3 Å². The van der Waals surface area contributed by atoms with E-state index in [0.29, 0.717) is 44.2 Å². The van der Waals surface area contributed by atoms with E-state index in [1.807, 2.05) is 23.1 Å². The summed E-state index contributed by atoms with van der Waals surface area (Å²) in [5.74, 6) is 0.321. The SMILES string of the molecule is COC(=O)CC[C@@H]1CN(Cc2ccccc2O)CC[C@@H]1N1CCN(c2cccc(C(F)(F)F)c2)CC1. The first-order valence-corrected chi connectivity index (χ1v) is 12.5. The fourth-order valence-corrected chi connectivity index (χ4v) is 5.48. The molecule has 4 rings (SSSR count). The van der Waals surface area contributed by atoms with E-state index >= 15 is 0 Å². The number of carbonyl (C=O) groups excluding carboxylic acids is 1. The van der Waals surface area contributed by atoms with Gasteiger partial charge in [0.15, 0.2) is 0 Å². The van der Waals surface area contributed by atoms with Crippen LogP contribution >= 0.6 is 0 Å². The summed E-state index contributed by atoms with van der Waals surface area (Å²) in [5, 5.41) is 10.2. The summed E-state index contributed by atoms with van der Waals surface area (Å²) in [6.45, 7) is 5.17. The molecular weight excluding hydrogens is 471 g/mol. The quantitative estimate of drug-likeness (QED) is 0.564. The minimum Gasteiger partial charge on any atom is -0.508 e. The number of nitrogens with zero attached hydrogens (tertiary/aromatic N) is 3. The molecule has 2 aliphatic heterocycles. The van der Waals surface area contributed by atoms with Crippen molar-refractivity contribution in [1.29, 1.82) is 0 Å². The number of phenols is 1. The molecule has 2 fully saturated rings. The Bertz CT molecular complexity index is 1020. The van der Waals surface area contributed by atoms with Crippen LogP contribution in [0.1, 0.15) is 30.4 Å². The molecular formula is C27H34F3N3O3. The highest BCUT2D eigenvalue weighted by Crippen LogP contribution is 2.33. The Hall–Kier alpha value is -2.78. The van der Waals surface area contributed by atoms with Gasteiger partial charge in [0.1, 0.15) is 5.75 Å². The third kappa shape index (κ3) is 6.50. The lowest BCUT2D eigenvalue weighted by atomic mass is 9.86. The smallest absolute Gasteiger partial charge is 0.416 e. The maximum atomic E-state index is 13.2. The molecule has 2 aromatic carbocycles. The Balaban J connectivity index is 1.40. The second-order valence-electron chi connectivity index (χ2n) is 9.67. The van der Waals surface area contributed by atoms with E-state index in [-0.39, 0.29) is 17.6 Å². The molecule has 0 spiro atoms. The fraction of sp³-hybridized carbons (Fsp3) is 0.519. The third-order valence-corrected chi connectivity index (χ3v) is 7.43. The number of phenolic OH excluding ortho intramolecular Hbond substituents is 1. The zero-order valence-corrected chi connectivity index (χ0v) is 20.6. The van der Waals surface area contributed by atoms with E-state index in [9.17, 15) is 23.1 Å². The summed E-state index contributed by atoms with van der Waals surface area (Å²) in [4.78, 5) is 18.7. The molecule has 2 aromatic rings. The van der Waals surface area contributed by atoms with Crippen LogP contribution in [0.3, 0.4) is 0 Å². The second kappa shape index (κ2) is 11.5. The molecule has 2 saturated heterocycles. The van der Waals surface area contributed by atoms with Crippen LogP contribution in [0.2, 0.25) is 0 Å². The number of likely N-dealkylation sites (tertiary alicyclic amines) is 1. The third-order valence-electron chi connectivity index (χ3n) is 7.43. The van der Waals surface area contributed by atoms with Crippen molar-refractivity contribution in [3.63, 3.8) is 0 Å². The number of para-hydroxylation sites is 1. The van der Waals surface area contributed by atoms with E-state index in [1.165, 1.54) is 19.2 Å². The highest BCUT2D eigenvalue weighted by Gasteiger charge is 2.36. The molecule has 196 valence electrons. The average Bonchev–Trinajstić information content (AvgIpc) is 2.88. The van der Waals surface area contributed by atoms with Crippen molar-refractivity contribution in [1.82, 2.24) is 9.80 Å². The molecule has 0 aliphatic carbocycles. The Morgan fingerprint density at radius 2 is 1.81 bits per heavy atom. The minimum atomic E-state index is -4.35. The molecule has 2 aliphatic rings. The van der Waals surface area contributed by atoms with E-state index in [4.69, 9.17) is 4.74 Å². The van der Waals surface area contributed by atoms with Gasteiger partial charge in [-0.1, -0.05) is 24.3 Å². The number of hydrogen-bond acceptors (Lipinski definition) is 6. The molecule has 0 bridgehead atoms. The number of esters is 1. The molecule has 0 saturated carbocycles. The van der Waals surface area contributed by atoms with Gasteiger partial charge in [0.2, 0.25) is 0 Å². The minimum absolute atomic E-state index is 0.221. The number of anilines is 1. The zero-order valence-electron chi connectivity index (χ0n) is 20.6. The number of piperazine rings is 1. The number of piperidine rings is 1. The van der Waals surface area contributed by atoms with Crippen molar-refractivity contribution in [2.24, 2.45) is 5.92 Å². The van der Waals surface area contributed by atoms with Gasteiger partial charge in [-0.05, 0) is 49.6 Å². The number of methoxy groups -OCH3 is 1. The Morgan fingerprint density at radius 1 is 1.06 bits per heavy atom. The number of halogens is 3. The molecule has 9 heteroatoms. The van der Waals surface area contributed by atoms with Crippen LogP contribution in [-0.2, 0) is 22.3 Å². The highest BCUT2D eigenvalue weighted by atomic mass is 19.4. The molecule has 0 amide bonds. The van der Waals surface area contributed by atoms with Crippen LogP contribution in [0, 0.1) is 5.92 Å². The predicted molar refractivity (Wildman–Crippen MR) is 132 cm³/mol. The molecule has 6 nitrogen and oxygen atoms in total. The van der Waals surface area contributed by atoms with Crippen LogP contribution < -0.4 is 4.90 Å². The summed E-state index contributed by atoms with van der Waals surface area (Å²) in [5.41, 5.74) is 0.865. The summed E-state index contributed by atoms with van der Waals surface area (Å²) in [6, 6.07) is 13.2. The monoisotopic (exact) mass is 505 g/mol. The van der Waals surface area contributed by atoms with Gasteiger partial charge in [-0.25, -0.2) is 0 Å². The number of benzene rings is 2. The molecule has 0 radical (unpaired) electrons. The maximum absolute atomic E-state index is 13.2. The van der Waals surface area contributed by atoms with Crippen molar-refractivity contribution < 1.29 is 27.8 Å². The van der Waals surface area contributed by atoms with Crippen LogP contribution in [0.15, 0.2) is 48.5 Å². The van der Waals surface area contributed by atoms with E-state index in [1.54, 1.807) is 12.1 Å². The summed E-state index contributed by atoms with van der Waals surface area (Å²) >= 11 is 0. The van der Waals surface area contributed by atoms with Gasteiger partial charge in [-0.3, -0.25) is 14.6 Å². The maximum Gasteiger partial charge on any atom is 0.416 e. The highest BCUT2D eigenvalue weighted by molar-refractivity contribution is 5.69. The molecule has 2 heterocycles. The molecule has 0 unspecified atom stereocenters. The number of rotatable bonds is 7. The zero-order chi connectivity index (χ0) is 25.7. The lowest BCUT2D eigenvalue weighted by Gasteiger charge is -2.47. The van der Waals surface area contributed by atoms with Crippen molar-refractivity contribution in [3.05, 3.63) is 59.7 Å². The Kier molecular flexibility index (Phi) is 8.41. The van der Waals surface area contributed by atoms with E-state index < -0.39 is 11.7 Å². The van der Waals surface area contributed by atoms with E-state index in [2.05, 4.69) is 9.80 Å². The first kappa shape index (κ1) is 26.3. The summed E-state index contributed by atoms with van der Waals surface area (Å²) in [7, 11) is 1.40. The summed E-state index contributed by atoms with van der Waals surface area (Å²) < 4.78 is 44.3. The van der Waals surface area contributed by atoms with Gasteiger partial charge < -0.3 is 14.7 Å². The van der Waals surface area contributed by atoms with Gasteiger partial charge >= 0.3 is 12.1 Å². The Labute approximate surface area is 210 Å². The first-order valence-electron chi connectivity index (χ1n) is 12.5. The van der Waals surface area contributed by atoms with Gasteiger partial charge in [-0.15, -0.1) is 0 Å². The van der Waals surface area contributed by atoms with Crippen LogP contribution in [0.5, 0.6) is 5.75 Å². The van der Waals surface area contributed by atoms with Crippen LogP contribution in [0.25, 0.3) is 0 Å². The molecule has 2 atom stereocenters. The van der Waals surface area contributed by atoms with Crippen molar-refractivity contribution in [3.8, 4) is 5.75 Å². The first-order chi connectivity index (χ1) is 17.2. The Morgan fingerprint density at radius 3 is 2.50 bits per heavy atom. The lowest BCUT2D eigenvalue weighted by Crippen LogP contribution is -2.56. The number of hydrogen-bond donors (Lipinski definition) is 1. The largest absolute Gasteiger partial charge is 0.508 e.